The van der Waals surface area contributed by atoms with Gasteiger partial charge in [-0.15, -0.1) is 0 Å². The fourth-order valence-corrected chi connectivity index (χ4v) is 2.87. The summed E-state index contributed by atoms with van der Waals surface area (Å²) in [7, 11) is 0. The quantitative estimate of drug-likeness (QED) is 0.115. The van der Waals surface area contributed by atoms with Gasteiger partial charge in [0.2, 0.25) is 0 Å². The fourth-order valence-electron chi connectivity index (χ4n) is 2.87. The van der Waals surface area contributed by atoms with Crippen LogP contribution in [0.3, 0.4) is 0 Å². The van der Waals surface area contributed by atoms with Crippen LogP contribution in [0.4, 0.5) is 0 Å². The maximum absolute atomic E-state index is 11.3. The SMILES string of the molecule is C=CC(=O)OCC.CCOC(=O)/C(C)=C/c1ccc(O)cc1.O=C(O)c1ccc(O)cc1.[2H]C(C(=O)OCC)C([2H])c1ccc(O)cc1. The largest absolute Gasteiger partial charge is 0.508 e. The van der Waals surface area contributed by atoms with Gasteiger partial charge in [-0.25, -0.2) is 14.4 Å². The minimum Gasteiger partial charge on any atom is -0.508 e. The van der Waals surface area contributed by atoms with Crippen molar-refractivity contribution >= 4 is 30.0 Å². The predicted octanol–water partition coefficient (Wildman–Crippen LogP) is 6.07. The number of ether oxygens (including phenoxy) is 3. The number of esters is 3. The zero-order valence-corrected chi connectivity index (χ0v) is 26.2. The average molecular weight is 641 g/mol. The molecule has 248 valence electrons. The number of aromatic hydroxyl groups is 3. The number of carboxylic acid groups (broad SMARTS) is 1. The van der Waals surface area contributed by atoms with Crippen molar-refractivity contribution in [1.29, 1.82) is 0 Å². The van der Waals surface area contributed by atoms with Crippen molar-refractivity contribution in [3.8, 4) is 17.2 Å². The van der Waals surface area contributed by atoms with Crippen molar-refractivity contribution in [2.75, 3.05) is 19.8 Å². The van der Waals surface area contributed by atoms with Gasteiger partial charge in [0.15, 0.2) is 0 Å². The molecule has 0 saturated carbocycles. The highest BCUT2D eigenvalue weighted by molar-refractivity contribution is 5.93. The van der Waals surface area contributed by atoms with Gasteiger partial charge in [-0.2, -0.15) is 0 Å². The van der Waals surface area contributed by atoms with Crippen LogP contribution in [0.2, 0.25) is 0 Å². The van der Waals surface area contributed by atoms with E-state index in [4.69, 9.17) is 27.9 Å². The second kappa shape index (κ2) is 23.8. The molecule has 2 atom stereocenters. The van der Waals surface area contributed by atoms with Gasteiger partial charge in [-0.05, 0) is 99.8 Å². The number of phenolic OH excluding ortho intramolecular Hbond substituents is 3. The maximum atomic E-state index is 11.3. The third kappa shape index (κ3) is 19.6. The second-order valence-corrected chi connectivity index (χ2v) is 8.62. The molecule has 0 radical (unpaired) electrons. The fraction of sp³-hybridized carbons (Fsp3) is 0.257. The number of carbonyl (C=O) groups is 4. The Morgan fingerprint density at radius 1 is 0.739 bits per heavy atom. The molecule has 0 aliphatic carbocycles. The summed E-state index contributed by atoms with van der Waals surface area (Å²) in [6, 6.07) is 17.9. The summed E-state index contributed by atoms with van der Waals surface area (Å²) in [6.45, 7) is 11.1. The van der Waals surface area contributed by atoms with Crippen LogP contribution in [0.1, 0.15) is 58.3 Å². The van der Waals surface area contributed by atoms with Gasteiger partial charge in [0, 0.05) is 20.8 Å². The van der Waals surface area contributed by atoms with E-state index in [0.717, 1.165) is 11.6 Å². The molecular formula is C35H42O11. The van der Waals surface area contributed by atoms with Crippen LogP contribution in [0.5, 0.6) is 17.2 Å². The number of aryl methyl sites for hydroxylation is 1. The van der Waals surface area contributed by atoms with E-state index in [0.29, 0.717) is 24.4 Å². The van der Waals surface area contributed by atoms with Crippen molar-refractivity contribution in [2.45, 2.75) is 40.5 Å². The molecule has 0 aliphatic heterocycles. The highest BCUT2D eigenvalue weighted by Crippen LogP contribution is 2.13. The van der Waals surface area contributed by atoms with E-state index >= 15 is 0 Å². The lowest BCUT2D eigenvalue weighted by Gasteiger charge is -2.02. The van der Waals surface area contributed by atoms with E-state index in [1.165, 1.54) is 48.5 Å². The van der Waals surface area contributed by atoms with Gasteiger partial charge < -0.3 is 34.6 Å². The zero-order chi connectivity index (χ0) is 36.6. The molecule has 0 fully saturated rings. The monoisotopic (exact) mass is 640 g/mol. The Morgan fingerprint density at radius 2 is 1.20 bits per heavy atom. The maximum Gasteiger partial charge on any atom is 0.335 e. The summed E-state index contributed by atoms with van der Waals surface area (Å²) in [5, 5.41) is 35.3. The third-order valence-electron chi connectivity index (χ3n) is 5.03. The molecule has 3 rings (SSSR count). The van der Waals surface area contributed by atoms with E-state index in [1.807, 2.05) is 0 Å². The first-order valence-electron chi connectivity index (χ1n) is 15.1. The molecule has 4 N–H and O–H groups in total. The molecular weight excluding hydrogens is 596 g/mol. The summed E-state index contributed by atoms with van der Waals surface area (Å²) in [6.07, 6.45) is 0.602. The van der Waals surface area contributed by atoms with Crippen LogP contribution >= 0.6 is 0 Å². The normalized spacial score (nSPS) is 11.8. The molecule has 0 aliphatic rings. The lowest BCUT2D eigenvalue weighted by atomic mass is 10.1. The molecule has 0 heterocycles. The second-order valence-electron chi connectivity index (χ2n) is 8.62. The Bertz CT molecular complexity index is 1450. The Hall–Kier alpha value is -5.58. The van der Waals surface area contributed by atoms with Gasteiger partial charge in [0.05, 0.1) is 25.4 Å². The van der Waals surface area contributed by atoms with E-state index in [1.54, 1.807) is 58.0 Å². The Kier molecular flexibility index (Phi) is 19.0. The first-order valence-corrected chi connectivity index (χ1v) is 14.0. The van der Waals surface area contributed by atoms with E-state index in [9.17, 15) is 19.2 Å². The highest BCUT2D eigenvalue weighted by Gasteiger charge is 2.04. The smallest absolute Gasteiger partial charge is 0.335 e. The summed E-state index contributed by atoms with van der Waals surface area (Å²) < 4.78 is 29.2. The molecule has 11 nitrogen and oxygen atoms in total. The first kappa shape index (κ1) is 36.6. The number of benzene rings is 3. The van der Waals surface area contributed by atoms with E-state index < -0.39 is 24.7 Å². The lowest BCUT2D eigenvalue weighted by Crippen LogP contribution is -2.04. The van der Waals surface area contributed by atoms with Crippen LogP contribution in [0.15, 0.2) is 91.0 Å². The van der Waals surface area contributed by atoms with Crippen molar-refractivity contribution in [2.24, 2.45) is 0 Å². The number of carbonyl (C=O) groups excluding carboxylic acids is 3. The topological polar surface area (TPSA) is 177 Å². The molecule has 3 aromatic rings. The third-order valence-corrected chi connectivity index (χ3v) is 5.03. The summed E-state index contributed by atoms with van der Waals surface area (Å²) >= 11 is 0. The van der Waals surface area contributed by atoms with Gasteiger partial charge in [-0.1, -0.05) is 30.8 Å². The lowest BCUT2D eigenvalue weighted by molar-refractivity contribution is -0.143. The first-order chi connectivity index (χ1) is 22.7. The van der Waals surface area contributed by atoms with Crippen molar-refractivity contribution < 1.29 is 56.6 Å². The van der Waals surface area contributed by atoms with Crippen LogP contribution in [0, 0.1) is 0 Å². The molecule has 0 amide bonds. The Labute approximate surface area is 271 Å². The van der Waals surface area contributed by atoms with E-state index in [-0.39, 0.29) is 41.4 Å². The minimum absolute atomic E-state index is 0.0741. The highest BCUT2D eigenvalue weighted by atomic mass is 16.5. The Morgan fingerprint density at radius 3 is 1.61 bits per heavy atom. The van der Waals surface area contributed by atoms with Gasteiger partial charge in [0.25, 0.3) is 0 Å². The van der Waals surface area contributed by atoms with Gasteiger partial charge >= 0.3 is 23.9 Å². The molecule has 0 spiro atoms. The van der Waals surface area contributed by atoms with Gasteiger partial charge in [0.1, 0.15) is 17.2 Å². The van der Waals surface area contributed by atoms with Crippen molar-refractivity contribution in [3.63, 3.8) is 0 Å². The summed E-state index contributed by atoms with van der Waals surface area (Å²) in [4.78, 5) is 42.8. The summed E-state index contributed by atoms with van der Waals surface area (Å²) in [5.74, 6) is -1.98. The van der Waals surface area contributed by atoms with Crippen molar-refractivity contribution in [1.82, 2.24) is 0 Å². The molecule has 2 unspecified atom stereocenters. The zero-order valence-electron chi connectivity index (χ0n) is 28.2. The number of rotatable bonds is 10. The van der Waals surface area contributed by atoms with Crippen LogP contribution in [0.25, 0.3) is 6.08 Å². The van der Waals surface area contributed by atoms with Crippen LogP contribution in [-0.4, -0.2) is 64.1 Å². The molecule has 3 aromatic carbocycles. The standard InChI is InChI=1S/C12H14O3.C11H14O3.C7H6O3.C5H8O2/c1-3-15-12(14)9(2)8-10-4-6-11(13)7-5-10;1-2-14-11(13)8-5-9-3-6-10(12)7-4-9;8-6-3-1-5(2-4-6)7(9)10;1-3-5(6)7-4-2/h4-8,13H,3H2,1-2H3;3-4,6-7,12H,2,5,8H2,1H3;1-4,8H,(H,9,10);3H,1,4H2,2H3/b9-8+;;;/i;5D,8D;;. The molecule has 0 saturated heterocycles. The van der Waals surface area contributed by atoms with E-state index in [2.05, 4.69) is 16.1 Å². The number of carboxylic acids is 1. The predicted molar refractivity (Wildman–Crippen MR) is 173 cm³/mol. The Balaban J connectivity index is 0.000000641. The molecule has 0 bridgehead atoms. The molecule has 0 aromatic heterocycles. The number of phenols is 3. The average Bonchev–Trinajstić information content (AvgIpc) is 3.07. The number of hydrogen-bond donors (Lipinski definition) is 4. The number of hydrogen-bond acceptors (Lipinski definition) is 10. The minimum atomic E-state index is -1.26. The molecule has 11 heteroatoms. The summed E-state index contributed by atoms with van der Waals surface area (Å²) in [5.41, 5.74) is 2.09. The van der Waals surface area contributed by atoms with Crippen LogP contribution < -0.4 is 0 Å². The van der Waals surface area contributed by atoms with Gasteiger partial charge in [-0.3, -0.25) is 4.79 Å². The number of aromatic carboxylic acids is 1. The van der Waals surface area contributed by atoms with Crippen LogP contribution in [-0.2, 0) is 35.0 Å². The van der Waals surface area contributed by atoms with Crippen molar-refractivity contribution in [3.05, 3.63) is 108 Å². The molecule has 46 heavy (non-hydrogen) atoms.